The van der Waals surface area contributed by atoms with Crippen molar-refractivity contribution in [2.45, 2.75) is 23.6 Å². The monoisotopic (exact) mass is 513 g/mol. The Hall–Kier alpha value is -2.42. The van der Waals surface area contributed by atoms with Crippen molar-refractivity contribution in [3.63, 3.8) is 0 Å². The number of para-hydroxylation sites is 2. The van der Waals surface area contributed by atoms with E-state index in [1.165, 1.54) is 11.8 Å². The summed E-state index contributed by atoms with van der Waals surface area (Å²) in [6, 6.07) is 15.6. The summed E-state index contributed by atoms with van der Waals surface area (Å²) in [6.07, 6.45) is 2.23. The van der Waals surface area contributed by atoms with E-state index in [-0.39, 0.29) is 11.2 Å². The molecule has 8 heteroatoms. The highest BCUT2D eigenvalue weighted by Crippen LogP contribution is 2.40. The molecule has 0 aliphatic carbocycles. The van der Waals surface area contributed by atoms with Crippen LogP contribution in [-0.2, 0) is 4.79 Å². The summed E-state index contributed by atoms with van der Waals surface area (Å²) in [5.41, 5.74) is 2.83. The summed E-state index contributed by atoms with van der Waals surface area (Å²) < 4.78 is 6.38. The quantitative estimate of drug-likeness (QED) is 0.221. The minimum atomic E-state index is -0.305. The van der Waals surface area contributed by atoms with Crippen LogP contribution in [0.15, 0.2) is 69.7 Å². The fraction of sp³-hybridized carbons (Fsp3) is 0.174. The van der Waals surface area contributed by atoms with Crippen LogP contribution in [0.3, 0.4) is 0 Å². The van der Waals surface area contributed by atoms with Gasteiger partial charge in [-0.05, 0) is 36.2 Å². The molecule has 2 heterocycles. The van der Waals surface area contributed by atoms with E-state index in [0.29, 0.717) is 17.9 Å². The highest BCUT2D eigenvalue weighted by Gasteiger charge is 2.23. The normalized spacial score (nSPS) is 12.0. The maximum Gasteiger partial charge on any atom is 0.238 e. The van der Waals surface area contributed by atoms with Crippen LogP contribution in [-0.4, -0.2) is 28.2 Å². The molecule has 0 saturated carbocycles. The zero-order chi connectivity index (χ0) is 21.8. The van der Waals surface area contributed by atoms with Crippen LogP contribution < -0.4 is 10.1 Å². The Bertz CT molecular complexity index is 1210. The van der Waals surface area contributed by atoms with Crippen LogP contribution in [0.4, 0.5) is 5.69 Å². The second-order valence-corrected chi connectivity index (χ2v) is 9.68. The van der Waals surface area contributed by atoms with Gasteiger partial charge >= 0.3 is 0 Å². The van der Waals surface area contributed by atoms with E-state index in [9.17, 15) is 4.79 Å². The Balaban J connectivity index is 1.64. The van der Waals surface area contributed by atoms with Crippen molar-refractivity contribution < 1.29 is 9.53 Å². The first-order chi connectivity index (χ1) is 15.1. The van der Waals surface area contributed by atoms with E-state index < -0.39 is 0 Å². The number of nitrogens with zero attached hydrogens (tertiary/aromatic N) is 2. The second kappa shape index (κ2) is 9.80. The van der Waals surface area contributed by atoms with Gasteiger partial charge in [0.1, 0.15) is 21.9 Å². The Kier molecular flexibility index (Phi) is 6.89. The van der Waals surface area contributed by atoms with Gasteiger partial charge in [-0.2, -0.15) is 0 Å². The number of amides is 1. The molecule has 1 unspecified atom stereocenters. The van der Waals surface area contributed by atoms with E-state index in [1.54, 1.807) is 24.8 Å². The van der Waals surface area contributed by atoms with Gasteiger partial charge in [-0.3, -0.25) is 4.79 Å². The predicted molar refractivity (Wildman–Crippen MR) is 132 cm³/mol. The molecule has 2 aromatic heterocycles. The molecule has 1 N–H and O–H groups in total. The molecule has 5 nitrogen and oxygen atoms in total. The number of aromatic nitrogens is 2. The zero-order valence-corrected chi connectivity index (χ0v) is 20.2. The number of hydrogen-bond acceptors (Lipinski definition) is 6. The van der Waals surface area contributed by atoms with E-state index in [2.05, 4.69) is 48.7 Å². The predicted octanol–water partition coefficient (Wildman–Crippen LogP) is 6.64. The molecule has 4 rings (SSSR count). The van der Waals surface area contributed by atoms with Gasteiger partial charge in [0.2, 0.25) is 5.91 Å². The third kappa shape index (κ3) is 4.76. The molecule has 0 bridgehead atoms. The largest absolute Gasteiger partial charge is 0.495 e. The Morgan fingerprint density at radius 2 is 1.97 bits per heavy atom. The van der Waals surface area contributed by atoms with E-state index >= 15 is 0 Å². The summed E-state index contributed by atoms with van der Waals surface area (Å²) in [5, 5.41) is 6.59. The van der Waals surface area contributed by atoms with Gasteiger partial charge in [0.05, 0.1) is 23.4 Å². The summed E-state index contributed by atoms with van der Waals surface area (Å²) >= 11 is 6.54. The van der Waals surface area contributed by atoms with Crippen molar-refractivity contribution in [1.82, 2.24) is 9.97 Å². The smallest absolute Gasteiger partial charge is 0.238 e. The average Bonchev–Trinajstić information content (AvgIpc) is 3.23. The number of methoxy groups -OCH3 is 1. The lowest BCUT2D eigenvalue weighted by atomic mass is 10.1. The van der Waals surface area contributed by atoms with Crippen molar-refractivity contribution >= 4 is 60.8 Å². The highest BCUT2D eigenvalue weighted by atomic mass is 79.9. The number of fused-ring (bicyclic) bond motifs is 1. The maximum absolute atomic E-state index is 13.0. The first-order valence-electron chi connectivity index (χ1n) is 9.69. The number of carbonyl (C=O) groups excluding carboxylic acids is 1. The zero-order valence-electron chi connectivity index (χ0n) is 17.0. The fourth-order valence-electron chi connectivity index (χ4n) is 3.20. The van der Waals surface area contributed by atoms with Crippen molar-refractivity contribution in [2.75, 3.05) is 12.4 Å². The minimum absolute atomic E-state index is 0.0795. The Labute approximate surface area is 197 Å². The van der Waals surface area contributed by atoms with E-state index in [4.69, 9.17) is 4.74 Å². The number of rotatable bonds is 7. The summed E-state index contributed by atoms with van der Waals surface area (Å²) in [7, 11) is 1.59. The lowest BCUT2D eigenvalue weighted by molar-refractivity contribution is -0.115. The summed E-state index contributed by atoms with van der Waals surface area (Å²) in [4.78, 5) is 22.9. The molecule has 0 radical (unpaired) electrons. The number of anilines is 1. The van der Waals surface area contributed by atoms with Gasteiger partial charge in [-0.25, -0.2) is 9.97 Å². The van der Waals surface area contributed by atoms with Gasteiger partial charge < -0.3 is 10.1 Å². The molecule has 0 aliphatic rings. The molecule has 0 aliphatic heterocycles. The van der Waals surface area contributed by atoms with Crippen LogP contribution in [0.5, 0.6) is 5.75 Å². The maximum atomic E-state index is 13.0. The third-order valence-corrected chi connectivity index (χ3v) is 7.55. The molecular formula is C23H20BrN3O2S2. The average molecular weight is 514 g/mol. The fourth-order valence-corrected chi connectivity index (χ4v) is 5.48. The topological polar surface area (TPSA) is 64.1 Å². The SMILES string of the molecule is CCC(Sc1ncnc2scc(-c3ccc(Br)cc3)c12)C(=O)Nc1ccccc1OC. The molecule has 0 fully saturated rings. The van der Waals surface area contributed by atoms with Gasteiger partial charge in [0.25, 0.3) is 0 Å². The molecule has 1 atom stereocenters. The third-order valence-electron chi connectivity index (χ3n) is 4.77. The molecule has 0 spiro atoms. The van der Waals surface area contributed by atoms with Crippen LogP contribution in [0, 0.1) is 0 Å². The number of thioether (sulfide) groups is 1. The van der Waals surface area contributed by atoms with Crippen LogP contribution in [0.25, 0.3) is 21.3 Å². The molecule has 1 amide bonds. The number of hydrogen-bond donors (Lipinski definition) is 1. The van der Waals surface area contributed by atoms with Gasteiger partial charge in [0.15, 0.2) is 0 Å². The number of benzene rings is 2. The number of thiophene rings is 1. The number of nitrogens with one attached hydrogen (secondary N) is 1. The second-order valence-electron chi connectivity index (χ2n) is 6.72. The van der Waals surface area contributed by atoms with Gasteiger partial charge in [-0.15, -0.1) is 11.3 Å². The standard InChI is InChI=1S/C23H20BrN3O2S2/c1-3-19(21(28)27-17-6-4-5-7-18(17)29-2)31-23-20-16(12-30-22(20)25-13-26-23)14-8-10-15(24)11-9-14/h4-13,19H,3H2,1-2H3,(H,27,28). The number of carbonyl (C=O) groups is 1. The van der Waals surface area contributed by atoms with Crippen molar-refractivity contribution in [2.24, 2.45) is 0 Å². The first-order valence-corrected chi connectivity index (χ1v) is 12.2. The molecule has 158 valence electrons. The molecule has 0 saturated heterocycles. The Morgan fingerprint density at radius 3 is 2.71 bits per heavy atom. The number of ether oxygens (including phenoxy) is 1. The molecule has 4 aromatic rings. The lowest BCUT2D eigenvalue weighted by Crippen LogP contribution is -2.25. The van der Waals surface area contributed by atoms with Crippen molar-refractivity contribution in [3.8, 4) is 16.9 Å². The molecular weight excluding hydrogens is 494 g/mol. The van der Waals surface area contributed by atoms with Crippen LogP contribution in [0.2, 0.25) is 0 Å². The van der Waals surface area contributed by atoms with Crippen LogP contribution in [0.1, 0.15) is 13.3 Å². The Morgan fingerprint density at radius 1 is 1.19 bits per heavy atom. The minimum Gasteiger partial charge on any atom is -0.495 e. The summed E-state index contributed by atoms with van der Waals surface area (Å²) in [5.74, 6) is 0.555. The molecule has 31 heavy (non-hydrogen) atoms. The van der Waals surface area contributed by atoms with E-state index in [0.717, 1.165) is 30.8 Å². The summed E-state index contributed by atoms with van der Waals surface area (Å²) in [6.45, 7) is 2.00. The number of halogens is 1. The van der Waals surface area contributed by atoms with Crippen molar-refractivity contribution in [1.29, 1.82) is 0 Å². The lowest BCUT2D eigenvalue weighted by Gasteiger charge is -2.16. The van der Waals surface area contributed by atoms with Crippen LogP contribution >= 0.6 is 39.0 Å². The molecule has 2 aromatic carbocycles. The van der Waals surface area contributed by atoms with Crippen molar-refractivity contribution in [3.05, 3.63) is 64.7 Å². The highest BCUT2D eigenvalue weighted by molar-refractivity contribution is 9.10. The van der Waals surface area contributed by atoms with Gasteiger partial charge in [0, 0.05) is 15.4 Å². The first kappa shape index (κ1) is 21.8. The van der Waals surface area contributed by atoms with Gasteiger partial charge in [-0.1, -0.05) is 58.9 Å². The van der Waals surface area contributed by atoms with E-state index in [1.807, 2.05) is 43.3 Å².